The second kappa shape index (κ2) is 4.83. The number of carbonyl (C=O) groups excluding carboxylic acids is 1. The van der Waals surface area contributed by atoms with Gasteiger partial charge in [-0.25, -0.2) is 0 Å². The van der Waals surface area contributed by atoms with Crippen molar-refractivity contribution in [2.24, 2.45) is 5.92 Å². The largest absolute Gasteiger partial charge is 0.465 e. The molecule has 0 amide bonds. The van der Waals surface area contributed by atoms with Gasteiger partial charge in [-0.1, -0.05) is 22.9 Å². The number of hydrogen-bond donors (Lipinski definition) is 0. The van der Waals surface area contributed by atoms with Gasteiger partial charge in [0.05, 0.1) is 12.5 Å². The first-order valence-corrected chi connectivity index (χ1v) is 4.59. The van der Waals surface area contributed by atoms with E-state index in [1.807, 2.05) is 0 Å². The summed E-state index contributed by atoms with van der Waals surface area (Å²) >= 11 is 2.65. The maximum absolute atomic E-state index is 12.1. The monoisotopic (exact) mass is 262 g/mol. The average Bonchev–Trinajstić information content (AvgIpc) is 2.00. The molecule has 0 radical (unpaired) electrons. The van der Waals surface area contributed by atoms with Crippen molar-refractivity contribution < 1.29 is 22.7 Å². The molecular formula is C7H10BrF3O2. The number of rotatable bonds is 3. The van der Waals surface area contributed by atoms with Gasteiger partial charge in [-0.3, -0.25) is 4.79 Å². The molecule has 6 heteroatoms. The molecular weight excluding hydrogens is 253 g/mol. The van der Waals surface area contributed by atoms with Crippen LogP contribution in [0.1, 0.15) is 13.8 Å². The Hall–Kier alpha value is -0.260. The summed E-state index contributed by atoms with van der Waals surface area (Å²) in [4.78, 5) is 9.54. The van der Waals surface area contributed by atoms with Crippen LogP contribution >= 0.6 is 15.9 Å². The Balaban J connectivity index is 4.25. The standard InChI is InChI=1S/C7H10BrF3O2/c1-3-13-6(12)5(8)4(2)7(9,10)11/h4-5H,3H2,1-2H3/t4-,5-/m1/s1. The van der Waals surface area contributed by atoms with Gasteiger partial charge in [0, 0.05) is 0 Å². The first kappa shape index (κ1) is 12.7. The molecule has 0 fully saturated rings. The van der Waals surface area contributed by atoms with E-state index in [0.29, 0.717) is 0 Å². The third kappa shape index (κ3) is 3.97. The smallest absolute Gasteiger partial charge is 0.393 e. The lowest BCUT2D eigenvalue weighted by Crippen LogP contribution is -2.34. The maximum atomic E-state index is 12.1. The third-order valence-corrected chi connectivity index (χ3v) is 2.63. The predicted octanol–water partition coefficient (Wildman–Crippen LogP) is 2.51. The van der Waals surface area contributed by atoms with Crippen LogP contribution in [0.15, 0.2) is 0 Å². The predicted molar refractivity (Wildman–Crippen MR) is 44.6 cm³/mol. The zero-order valence-electron chi connectivity index (χ0n) is 7.19. The number of carbonyl (C=O) groups is 1. The Morgan fingerprint density at radius 2 is 2.00 bits per heavy atom. The van der Waals surface area contributed by atoms with Crippen LogP contribution in [0.5, 0.6) is 0 Å². The van der Waals surface area contributed by atoms with Crippen molar-refractivity contribution in [1.82, 2.24) is 0 Å². The van der Waals surface area contributed by atoms with E-state index in [2.05, 4.69) is 20.7 Å². The molecule has 0 heterocycles. The number of halogens is 4. The van der Waals surface area contributed by atoms with Crippen LogP contribution in [0, 0.1) is 5.92 Å². The molecule has 0 aromatic carbocycles. The minimum atomic E-state index is -4.39. The minimum Gasteiger partial charge on any atom is -0.465 e. The number of alkyl halides is 4. The number of ether oxygens (including phenoxy) is 1. The van der Waals surface area contributed by atoms with Crippen LogP contribution in [0.25, 0.3) is 0 Å². The Bertz CT molecular complexity index is 181. The first-order chi connectivity index (χ1) is 5.80. The van der Waals surface area contributed by atoms with Crippen molar-refractivity contribution in [2.75, 3.05) is 6.61 Å². The van der Waals surface area contributed by atoms with Gasteiger partial charge in [-0.2, -0.15) is 13.2 Å². The second-order valence-corrected chi connectivity index (χ2v) is 3.47. The molecule has 0 saturated carbocycles. The van der Waals surface area contributed by atoms with Gasteiger partial charge in [0.2, 0.25) is 0 Å². The van der Waals surface area contributed by atoms with E-state index < -0.39 is 22.9 Å². The molecule has 13 heavy (non-hydrogen) atoms. The molecule has 0 aromatic heterocycles. The summed E-state index contributed by atoms with van der Waals surface area (Å²) in [6, 6.07) is 0. The van der Waals surface area contributed by atoms with Gasteiger partial charge in [-0.05, 0) is 6.92 Å². The fourth-order valence-electron chi connectivity index (χ4n) is 0.592. The van der Waals surface area contributed by atoms with Gasteiger partial charge in [0.1, 0.15) is 4.83 Å². The van der Waals surface area contributed by atoms with Gasteiger partial charge in [-0.15, -0.1) is 0 Å². The molecule has 0 saturated heterocycles. The van der Waals surface area contributed by atoms with Gasteiger partial charge >= 0.3 is 12.1 Å². The van der Waals surface area contributed by atoms with Crippen molar-refractivity contribution in [3.05, 3.63) is 0 Å². The molecule has 0 unspecified atom stereocenters. The third-order valence-electron chi connectivity index (χ3n) is 1.47. The first-order valence-electron chi connectivity index (χ1n) is 3.68. The van der Waals surface area contributed by atoms with E-state index in [0.717, 1.165) is 6.92 Å². The van der Waals surface area contributed by atoms with Crippen molar-refractivity contribution in [3.63, 3.8) is 0 Å². The molecule has 0 aromatic rings. The molecule has 0 aliphatic rings. The molecule has 0 N–H and O–H groups in total. The normalized spacial score (nSPS) is 16.5. The van der Waals surface area contributed by atoms with Gasteiger partial charge < -0.3 is 4.74 Å². The summed E-state index contributed by atoms with van der Waals surface area (Å²) in [6.45, 7) is 2.54. The fraction of sp³-hybridized carbons (Fsp3) is 0.857. The molecule has 0 bridgehead atoms. The molecule has 2 nitrogen and oxygen atoms in total. The van der Waals surface area contributed by atoms with E-state index in [9.17, 15) is 18.0 Å². The Morgan fingerprint density at radius 3 is 2.31 bits per heavy atom. The van der Waals surface area contributed by atoms with Gasteiger partial charge in [0.15, 0.2) is 0 Å². The summed E-state index contributed by atoms with van der Waals surface area (Å²) in [6.07, 6.45) is -4.39. The lowest BCUT2D eigenvalue weighted by molar-refractivity contribution is -0.177. The van der Waals surface area contributed by atoms with Crippen LogP contribution < -0.4 is 0 Å². The molecule has 0 spiro atoms. The van der Waals surface area contributed by atoms with Crippen LogP contribution in [0.2, 0.25) is 0 Å². The Morgan fingerprint density at radius 1 is 1.54 bits per heavy atom. The van der Waals surface area contributed by atoms with E-state index >= 15 is 0 Å². The summed E-state index contributed by atoms with van der Waals surface area (Å²) in [5.41, 5.74) is 0. The van der Waals surface area contributed by atoms with Crippen molar-refractivity contribution in [3.8, 4) is 0 Å². The van der Waals surface area contributed by atoms with Crippen molar-refractivity contribution in [1.29, 1.82) is 0 Å². The second-order valence-electron chi connectivity index (χ2n) is 2.48. The molecule has 0 aliphatic carbocycles. The Kier molecular flexibility index (Phi) is 4.74. The van der Waals surface area contributed by atoms with Crippen molar-refractivity contribution in [2.45, 2.75) is 24.9 Å². The van der Waals surface area contributed by atoms with E-state index in [-0.39, 0.29) is 6.61 Å². The maximum Gasteiger partial charge on any atom is 0.393 e. The highest BCUT2D eigenvalue weighted by atomic mass is 79.9. The van der Waals surface area contributed by atoms with Crippen LogP contribution in [0.4, 0.5) is 13.2 Å². The SMILES string of the molecule is CCOC(=O)[C@H](Br)[C@@H](C)C(F)(F)F. The zero-order valence-corrected chi connectivity index (χ0v) is 8.78. The highest BCUT2D eigenvalue weighted by Gasteiger charge is 2.43. The molecule has 0 rings (SSSR count). The Labute approximate surface area is 82.6 Å². The minimum absolute atomic E-state index is 0.0749. The molecule has 78 valence electrons. The summed E-state index contributed by atoms with van der Waals surface area (Å²) in [7, 11) is 0. The lowest BCUT2D eigenvalue weighted by Gasteiger charge is -2.19. The highest BCUT2D eigenvalue weighted by molar-refractivity contribution is 9.10. The quantitative estimate of drug-likeness (QED) is 0.577. The van der Waals surface area contributed by atoms with Crippen LogP contribution in [0.3, 0.4) is 0 Å². The lowest BCUT2D eigenvalue weighted by atomic mass is 10.1. The highest BCUT2D eigenvalue weighted by Crippen LogP contribution is 2.32. The molecule has 2 atom stereocenters. The van der Waals surface area contributed by atoms with E-state index in [4.69, 9.17) is 0 Å². The summed E-state index contributed by atoms with van der Waals surface area (Å²) in [5, 5.41) is 0. The van der Waals surface area contributed by atoms with Gasteiger partial charge in [0.25, 0.3) is 0 Å². The van der Waals surface area contributed by atoms with Crippen LogP contribution in [-0.2, 0) is 9.53 Å². The topological polar surface area (TPSA) is 26.3 Å². The number of esters is 1. The summed E-state index contributed by atoms with van der Waals surface area (Å²) < 4.78 is 40.6. The average molecular weight is 263 g/mol. The van der Waals surface area contributed by atoms with E-state index in [1.165, 1.54) is 6.92 Å². The van der Waals surface area contributed by atoms with Crippen molar-refractivity contribution >= 4 is 21.9 Å². The number of hydrogen-bond acceptors (Lipinski definition) is 2. The zero-order chi connectivity index (χ0) is 10.6. The van der Waals surface area contributed by atoms with Crippen LogP contribution in [-0.4, -0.2) is 23.6 Å². The molecule has 0 aliphatic heterocycles. The fourth-order valence-corrected chi connectivity index (χ4v) is 1.02. The summed E-state index contributed by atoms with van der Waals surface area (Å²) in [5.74, 6) is -2.63. The van der Waals surface area contributed by atoms with E-state index in [1.54, 1.807) is 0 Å².